The molecule has 0 aliphatic rings. The summed E-state index contributed by atoms with van der Waals surface area (Å²) in [5, 5.41) is 8.66. The van der Waals surface area contributed by atoms with Crippen molar-refractivity contribution in [2.24, 2.45) is 0 Å². The van der Waals surface area contributed by atoms with Crippen LogP contribution in [0.3, 0.4) is 0 Å². The van der Waals surface area contributed by atoms with Crippen LogP contribution in [0, 0.1) is 6.92 Å². The standard InChI is InChI=1S/C18H22N4O/c1-13(11-21(3)4)22-12-17(19-20-22)15-7-5-6-8-16(15)18-10-9-14(2)23-18/h5-10,12-13H,11H2,1-4H3/t13-/m0/s1. The lowest BCUT2D eigenvalue weighted by molar-refractivity contribution is 0.319. The van der Waals surface area contributed by atoms with E-state index in [1.54, 1.807) is 0 Å². The molecule has 0 aliphatic heterocycles. The van der Waals surface area contributed by atoms with Gasteiger partial charge < -0.3 is 9.32 Å². The van der Waals surface area contributed by atoms with Gasteiger partial charge in [-0.15, -0.1) is 5.10 Å². The average Bonchev–Trinajstić information content (AvgIpc) is 3.15. The van der Waals surface area contributed by atoms with Crippen molar-refractivity contribution in [2.45, 2.75) is 19.9 Å². The van der Waals surface area contributed by atoms with Crippen molar-refractivity contribution in [2.75, 3.05) is 20.6 Å². The molecule has 0 unspecified atom stereocenters. The molecule has 3 aromatic rings. The maximum atomic E-state index is 5.78. The van der Waals surface area contributed by atoms with E-state index in [1.165, 1.54) is 0 Å². The Morgan fingerprint density at radius 1 is 1.13 bits per heavy atom. The molecular formula is C18H22N4O. The Labute approximate surface area is 136 Å². The first-order valence-electron chi connectivity index (χ1n) is 7.77. The summed E-state index contributed by atoms with van der Waals surface area (Å²) in [5.74, 6) is 1.76. The maximum Gasteiger partial charge on any atom is 0.134 e. The number of benzene rings is 1. The number of rotatable bonds is 5. The molecule has 0 bridgehead atoms. The summed E-state index contributed by atoms with van der Waals surface area (Å²) in [6, 6.07) is 12.4. The minimum Gasteiger partial charge on any atom is -0.461 e. The molecular weight excluding hydrogens is 288 g/mol. The molecule has 0 fully saturated rings. The minimum absolute atomic E-state index is 0.268. The molecule has 2 aromatic heterocycles. The second-order valence-corrected chi connectivity index (χ2v) is 6.15. The third-order valence-corrected chi connectivity index (χ3v) is 3.80. The molecule has 5 heteroatoms. The monoisotopic (exact) mass is 310 g/mol. The number of likely N-dealkylation sites (N-methyl/N-ethyl adjacent to an activating group) is 1. The van der Waals surface area contributed by atoms with Gasteiger partial charge in [-0.3, -0.25) is 0 Å². The summed E-state index contributed by atoms with van der Waals surface area (Å²) in [7, 11) is 4.12. The molecule has 1 atom stereocenters. The van der Waals surface area contributed by atoms with E-state index >= 15 is 0 Å². The van der Waals surface area contributed by atoms with Crippen molar-refractivity contribution in [1.82, 2.24) is 19.9 Å². The van der Waals surface area contributed by atoms with E-state index in [0.29, 0.717) is 0 Å². The molecule has 0 saturated heterocycles. The van der Waals surface area contributed by atoms with Crippen LogP contribution in [0.2, 0.25) is 0 Å². The van der Waals surface area contributed by atoms with Crippen molar-refractivity contribution < 1.29 is 4.42 Å². The van der Waals surface area contributed by atoms with E-state index in [2.05, 4.69) is 48.4 Å². The fourth-order valence-corrected chi connectivity index (χ4v) is 2.73. The summed E-state index contributed by atoms with van der Waals surface area (Å²) in [6.45, 7) is 5.01. The third kappa shape index (κ3) is 3.35. The van der Waals surface area contributed by atoms with Gasteiger partial charge in [0.25, 0.3) is 0 Å². The molecule has 120 valence electrons. The highest BCUT2D eigenvalue weighted by molar-refractivity contribution is 5.79. The van der Waals surface area contributed by atoms with Gasteiger partial charge in [0.05, 0.1) is 12.2 Å². The van der Waals surface area contributed by atoms with Gasteiger partial charge in [0.1, 0.15) is 17.2 Å². The van der Waals surface area contributed by atoms with Crippen LogP contribution in [0.1, 0.15) is 18.7 Å². The van der Waals surface area contributed by atoms with E-state index in [9.17, 15) is 0 Å². The Morgan fingerprint density at radius 2 is 1.87 bits per heavy atom. The third-order valence-electron chi connectivity index (χ3n) is 3.80. The quantitative estimate of drug-likeness (QED) is 0.722. The second-order valence-electron chi connectivity index (χ2n) is 6.15. The Bertz CT molecular complexity index is 788. The molecule has 3 rings (SSSR count). The lowest BCUT2D eigenvalue weighted by Crippen LogP contribution is -2.22. The van der Waals surface area contributed by atoms with Gasteiger partial charge in [-0.2, -0.15) is 0 Å². The lowest BCUT2D eigenvalue weighted by atomic mass is 10.0. The molecule has 5 nitrogen and oxygen atoms in total. The van der Waals surface area contributed by atoms with Crippen LogP contribution >= 0.6 is 0 Å². The first-order valence-corrected chi connectivity index (χ1v) is 7.77. The molecule has 0 amide bonds. The Morgan fingerprint density at radius 3 is 2.52 bits per heavy atom. The van der Waals surface area contributed by atoms with Crippen molar-refractivity contribution in [1.29, 1.82) is 0 Å². The maximum absolute atomic E-state index is 5.78. The van der Waals surface area contributed by atoms with Gasteiger partial charge in [-0.1, -0.05) is 29.5 Å². The van der Waals surface area contributed by atoms with Gasteiger partial charge >= 0.3 is 0 Å². The van der Waals surface area contributed by atoms with Crippen molar-refractivity contribution in [3.63, 3.8) is 0 Å². The molecule has 0 N–H and O–H groups in total. The fourth-order valence-electron chi connectivity index (χ4n) is 2.73. The van der Waals surface area contributed by atoms with Gasteiger partial charge in [0.2, 0.25) is 0 Å². The van der Waals surface area contributed by atoms with Gasteiger partial charge in [-0.05, 0) is 40.1 Å². The fraction of sp³-hybridized carbons (Fsp3) is 0.333. The molecule has 2 heterocycles. The van der Waals surface area contributed by atoms with E-state index < -0.39 is 0 Å². The molecule has 0 saturated carbocycles. The Hall–Kier alpha value is -2.40. The molecule has 1 aromatic carbocycles. The normalized spacial score (nSPS) is 12.7. The summed E-state index contributed by atoms with van der Waals surface area (Å²) in [6.07, 6.45) is 2.00. The number of nitrogens with zero attached hydrogens (tertiary/aromatic N) is 4. The minimum atomic E-state index is 0.268. The van der Waals surface area contributed by atoms with E-state index in [4.69, 9.17) is 4.42 Å². The van der Waals surface area contributed by atoms with E-state index in [1.807, 2.05) is 42.1 Å². The zero-order valence-electron chi connectivity index (χ0n) is 14.0. The highest BCUT2D eigenvalue weighted by Crippen LogP contribution is 2.32. The summed E-state index contributed by atoms with van der Waals surface area (Å²) in [4.78, 5) is 2.14. The van der Waals surface area contributed by atoms with Crippen LogP contribution < -0.4 is 0 Å². The number of aryl methyl sites for hydroxylation is 1. The molecule has 0 aliphatic carbocycles. The smallest absolute Gasteiger partial charge is 0.134 e. The van der Waals surface area contributed by atoms with Crippen LogP contribution in [-0.2, 0) is 0 Å². The van der Waals surface area contributed by atoms with Crippen LogP contribution in [0.25, 0.3) is 22.6 Å². The van der Waals surface area contributed by atoms with Crippen LogP contribution in [0.15, 0.2) is 47.0 Å². The first kappa shape index (κ1) is 15.5. The molecule has 23 heavy (non-hydrogen) atoms. The summed E-state index contributed by atoms with van der Waals surface area (Å²) >= 11 is 0. The second kappa shape index (κ2) is 6.38. The molecule has 0 spiro atoms. The number of furan rings is 1. The largest absolute Gasteiger partial charge is 0.461 e. The van der Waals surface area contributed by atoms with Crippen LogP contribution in [0.5, 0.6) is 0 Å². The molecule has 0 radical (unpaired) electrons. The summed E-state index contributed by atoms with van der Waals surface area (Å²) in [5.41, 5.74) is 2.93. The van der Waals surface area contributed by atoms with Crippen LogP contribution in [-0.4, -0.2) is 40.5 Å². The van der Waals surface area contributed by atoms with Crippen molar-refractivity contribution in [3.8, 4) is 22.6 Å². The Balaban J connectivity index is 1.95. The number of aromatic nitrogens is 3. The SMILES string of the molecule is Cc1ccc(-c2ccccc2-c2cn([C@@H](C)CN(C)C)nn2)o1. The van der Waals surface area contributed by atoms with Crippen LogP contribution in [0.4, 0.5) is 0 Å². The number of hydrogen-bond donors (Lipinski definition) is 0. The highest BCUT2D eigenvalue weighted by atomic mass is 16.3. The van der Waals surface area contributed by atoms with Gasteiger partial charge in [0.15, 0.2) is 0 Å². The first-order chi connectivity index (χ1) is 11.0. The van der Waals surface area contributed by atoms with Crippen molar-refractivity contribution in [3.05, 3.63) is 48.4 Å². The van der Waals surface area contributed by atoms with E-state index in [0.717, 1.165) is 34.9 Å². The topological polar surface area (TPSA) is 47.1 Å². The predicted octanol–water partition coefficient (Wildman–Crippen LogP) is 3.64. The zero-order valence-corrected chi connectivity index (χ0v) is 14.0. The average molecular weight is 310 g/mol. The zero-order chi connectivity index (χ0) is 16.4. The Kier molecular flexibility index (Phi) is 4.30. The highest BCUT2D eigenvalue weighted by Gasteiger charge is 2.15. The number of hydrogen-bond acceptors (Lipinski definition) is 4. The lowest BCUT2D eigenvalue weighted by Gasteiger charge is -2.16. The predicted molar refractivity (Wildman–Crippen MR) is 91.2 cm³/mol. The van der Waals surface area contributed by atoms with Gasteiger partial charge in [-0.25, -0.2) is 4.68 Å². The summed E-state index contributed by atoms with van der Waals surface area (Å²) < 4.78 is 7.69. The van der Waals surface area contributed by atoms with Crippen molar-refractivity contribution >= 4 is 0 Å². The van der Waals surface area contributed by atoms with Gasteiger partial charge in [0, 0.05) is 17.7 Å². The van der Waals surface area contributed by atoms with E-state index in [-0.39, 0.29) is 6.04 Å².